The Hall–Kier alpha value is -0.890. The molecule has 0 aromatic heterocycles. The maximum atomic E-state index is 9.21. The minimum Gasteiger partial charge on any atom is -0.506 e. The quantitative estimate of drug-likeness (QED) is 0.737. The second-order valence-corrected chi connectivity index (χ2v) is 4.99. The van der Waals surface area contributed by atoms with Crippen LogP contribution in [-0.2, 0) is 0 Å². The summed E-state index contributed by atoms with van der Waals surface area (Å²) in [6.07, 6.45) is 0. The lowest BCUT2D eigenvalue weighted by Crippen LogP contribution is -2.18. The number of nitrogens with one attached hydrogen (secondary N) is 1. The average Bonchev–Trinajstić information content (AvgIpc) is 2.06. The Morgan fingerprint density at radius 1 is 1.36 bits per heavy atom. The van der Waals surface area contributed by atoms with Crippen molar-refractivity contribution in [2.75, 3.05) is 11.9 Å². The van der Waals surface area contributed by atoms with E-state index in [9.17, 15) is 5.11 Å². The third-order valence-corrected chi connectivity index (χ3v) is 2.07. The standard InChI is InChI=1S/C11H16ClNO/c1-11(2,3)7-13-8-4-5-10(14)9(12)6-8/h4-6,13-14H,7H2,1-3H3. The lowest BCUT2D eigenvalue weighted by molar-refractivity contribution is 0.443. The third kappa shape index (κ3) is 3.46. The summed E-state index contributed by atoms with van der Waals surface area (Å²) < 4.78 is 0. The van der Waals surface area contributed by atoms with Crippen LogP contribution in [0.1, 0.15) is 20.8 Å². The molecule has 0 bridgehead atoms. The van der Waals surface area contributed by atoms with Crippen LogP contribution in [0.25, 0.3) is 0 Å². The molecule has 0 heterocycles. The molecule has 0 unspecified atom stereocenters. The minimum absolute atomic E-state index is 0.118. The van der Waals surface area contributed by atoms with Crippen molar-refractivity contribution < 1.29 is 5.11 Å². The number of halogens is 1. The summed E-state index contributed by atoms with van der Waals surface area (Å²) in [7, 11) is 0. The Morgan fingerprint density at radius 3 is 2.50 bits per heavy atom. The molecule has 0 spiro atoms. The largest absolute Gasteiger partial charge is 0.506 e. The Kier molecular flexibility index (Phi) is 3.27. The van der Waals surface area contributed by atoms with Crippen LogP contribution in [0.4, 0.5) is 5.69 Å². The zero-order valence-corrected chi connectivity index (χ0v) is 9.52. The van der Waals surface area contributed by atoms with E-state index in [2.05, 4.69) is 26.1 Å². The van der Waals surface area contributed by atoms with Crippen LogP contribution < -0.4 is 5.32 Å². The molecule has 14 heavy (non-hydrogen) atoms. The molecule has 0 amide bonds. The molecule has 0 saturated heterocycles. The predicted molar refractivity (Wildman–Crippen MR) is 61.1 cm³/mol. The van der Waals surface area contributed by atoms with Gasteiger partial charge < -0.3 is 10.4 Å². The van der Waals surface area contributed by atoms with Crippen molar-refractivity contribution in [3.63, 3.8) is 0 Å². The van der Waals surface area contributed by atoms with Crippen LogP contribution in [0.2, 0.25) is 5.02 Å². The number of aromatic hydroxyl groups is 1. The van der Waals surface area contributed by atoms with Crippen LogP contribution in [-0.4, -0.2) is 11.7 Å². The van der Waals surface area contributed by atoms with Gasteiger partial charge in [-0.25, -0.2) is 0 Å². The molecular formula is C11H16ClNO. The average molecular weight is 214 g/mol. The molecule has 1 aromatic rings. The molecule has 1 rings (SSSR count). The zero-order valence-electron chi connectivity index (χ0n) is 8.76. The van der Waals surface area contributed by atoms with Crippen molar-refractivity contribution >= 4 is 17.3 Å². The van der Waals surface area contributed by atoms with Gasteiger partial charge in [0.25, 0.3) is 0 Å². The van der Waals surface area contributed by atoms with Crippen LogP contribution in [0.3, 0.4) is 0 Å². The van der Waals surface area contributed by atoms with E-state index in [1.165, 1.54) is 0 Å². The first kappa shape index (κ1) is 11.2. The van der Waals surface area contributed by atoms with Gasteiger partial charge in [-0.2, -0.15) is 0 Å². The van der Waals surface area contributed by atoms with Gasteiger partial charge in [0, 0.05) is 12.2 Å². The fourth-order valence-electron chi connectivity index (χ4n) is 0.984. The van der Waals surface area contributed by atoms with Gasteiger partial charge in [0.15, 0.2) is 0 Å². The van der Waals surface area contributed by atoms with Crippen molar-refractivity contribution in [3.05, 3.63) is 23.2 Å². The Balaban J connectivity index is 2.65. The molecule has 2 N–H and O–H groups in total. The summed E-state index contributed by atoms with van der Waals surface area (Å²) in [5.74, 6) is 0.118. The first-order chi connectivity index (χ1) is 6.38. The number of phenolic OH excluding ortho intramolecular Hbond substituents is 1. The second kappa shape index (κ2) is 4.09. The monoisotopic (exact) mass is 213 g/mol. The summed E-state index contributed by atoms with van der Waals surface area (Å²) in [5.41, 5.74) is 1.16. The molecule has 0 aliphatic carbocycles. The number of hydrogen-bond donors (Lipinski definition) is 2. The summed E-state index contributed by atoms with van der Waals surface area (Å²) >= 11 is 5.77. The van der Waals surface area contributed by atoms with E-state index in [1.54, 1.807) is 12.1 Å². The molecular weight excluding hydrogens is 198 g/mol. The fourth-order valence-corrected chi connectivity index (χ4v) is 1.16. The van der Waals surface area contributed by atoms with Crippen LogP contribution in [0, 0.1) is 5.41 Å². The first-order valence-electron chi connectivity index (χ1n) is 4.61. The molecule has 2 nitrogen and oxygen atoms in total. The molecule has 1 aromatic carbocycles. The Bertz CT molecular complexity index is 318. The number of benzene rings is 1. The lowest BCUT2D eigenvalue weighted by atomic mass is 9.97. The van der Waals surface area contributed by atoms with Gasteiger partial charge in [0.2, 0.25) is 0 Å². The van der Waals surface area contributed by atoms with Crippen molar-refractivity contribution in [3.8, 4) is 5.75 Å². The number of rotatable bonds is 2. The van der Waals surface area contributed by atoms with Crippen molar-refractivity contribution in [2.24, 2.45) is 5.41 Å². The molecule has 0 radical (unpaired) electrons. The van der Waals surface area contributed by atoms with Gasteiger partial charge in [-0.15, -0.1) is 0 Å². The van der Waals surface area contributed by atoms with Gasteiger partial charge in [-0.05, 0) is 23.6 Å². The van der Waals surface area contributed by atoms with E-state index in [0.29, 0.717) is 5.02 Å². The van der Waals surface area contributed by atoms with E-state index < -0.39 is 0 Å². The topological polar surface area (TPSA) is 32.3 Å². The highest BCUT2D eigenvalue weighted by Crippen LogP contribution is 2.26. The number of phenols is 1. The molecule has 0 aliphatic heterocycles. The lowest BCUT2D eigenvalue weighted by Gasteiger charge is -2.19. The van der Waals surface area contributed by atoms with Crippen molar-refractivity contribution in [2.45, 2.75) is 20.8 Å². The summed E-state index contributed by atoms with van der Waals surface area (Å²) in [4.78, 5) is 0. The molecule has 0 atom stereocenters. The van der Waals surface area contributed by atoms with Crippen LogP contribution in [0.15, 0.2) is 18.2 Å². The minimum atomic E-state index is 0.118. The fraction of sp³-hybridized carbons (Fsp3) is 0.455. The maximum absolute atomic E-state index is 9.21. The summed E-state index contributed by atoms with van der Waals surface area (Å²) in [6.45, 7) is 7.33. The van der Waals surface area contributed by atoms with E-state index in [4.69, 9.17) is 11.6 Å². The Morgan fingerprint density at radius 2 is 2.00 bits per heavy atom. The van der Waals surface area contributed by atoms with Gasteiger partial charge in [-0.3, -0.25) is 0 Å². The number of anilines is 1. The van der Waals surface area contributed by atoms with Gasteiger partial charge >= 0.3 is 0 Å². The highest BCUT2D eigenvalue weighted by Gasteiger charge is 2.09. The third-order valence-electron chi connectivity index (χ3n) is 1.77. The molecule has 0 fully saturated rings. The molecule has 78 valence electrons. The maximum Gasteiger partial charge on any atom is 0.134 e. The number of hydrogen-bond acceptors (Lipinski definition) is 2. The first-order valence-corrected chi connectivity index (χ1v) is 4.99. The van der Waals surface area contributed by atoms with E-state index in [0.717, 1.165) is 12.2 Å². The van der Waals surface area contributed by atoms with Gasteiger partial charge in [0.1, 0.15) is 5.75 Å². The van der Waals surface area contributed by atoms with Crippen molar-refractivity contribution in [1.29, 1.82) is 0 Å². The van der Waals surface area contributed by atoms with E-state index in [1.807, 2.05) is 6.07 Å². The zero-order chi connectivity index (χ0) is 10.8. The highest BCUT2D eigenvalue weighted by atomic mass is 35.5. The van der Waals surface area contributed by atoms with E-state index in [-0.39, 0.29) is 11.2 Å². The predicted octanol–water partition coefficient (Wildman–Crippen LogP) is 3.50. The molecule has 0 saturated carbocycles. The summed E-state index contributed by atoms with van der Waals surface area (Å²) in [6, 6.07) is 5.13. The van der Waals surface area contributed by atoms with Crippen molar-refractivity contribution in [1.82, 2.24) is 0 Å². The van der Waals surface area contributed by atoms with E-state index >= 15 is 0 Å². The summed E-state index contributed by atoms with van der Waals surface area (Å²) in [5, 5.41) is 12.8. The van der Waals surface area contributed by atoms with Gasteiger partial charge in [0.05, 0.1) is 5.02 Å². The normalized spacial score (nSPS) is 11.4. The van der Waals surface area contributed by atoms with Crippen LogP contribution in [0.5, 0.6) is 5.75 Å². The molecule has 0 aliphatic rings. The molecule has 3 heteroatoms. The van der Waals surface area contributed by atoms with Crippen LogP contribution >= 0.6 is 11.6 Å². The SMILES string of the molecule is CC(C)(C)CNc1ccc(O)c(Cl)c1. The smallest absolute Gasteiger partial charge is 0.134 e. The highest BCUT2D eigenvalue weighted by molar-refractivity contribution is 6.32. The Labute approximate surface area is 89.9 Å². The van der Waals surface area contributed by atoms with Gasteiger partial charge in [-0.1, -0.05) is 32.4 Å². The second-order valence-electron chi connectivity index (χ2n) is 4.58.